The molecule has 0 aliphatic carbocycles. The molecule has 108 valence electrons. The first kappa shape index (κ1) is 13.4. The fraction of sp³-hybridized carbons (Fsp3) is 0.0667. The van der Waals surface area contributed by atoms with Gasteiger partial charge in [-0.05, 0) is 17.7 Å². The third-order valence-corrected chi connectivity index (χ3v) is 3.38. The molecule has 6 heteroatoms. The molecule has 0 atom stereocenters. The second kappa shape index (κ2) is 4.44. The van der Waals surface area contributed by atoms with Crippen LogP contribution in [0.3, 0.4) is 0 Å². The summed E-state index contributed by atoms with van der Waals surface area (Å²) in [4.78, 5) is 2.80. The van der Waals surface area contributed by atoms with Crippen LogP contribution in [0.1, 0.15) is 5.56 Å². The van der Waals surface area contributed by atoms with E-state index in [0.717, 1.165) is 0 Å². The number of anilines is 2. The standard InChI is InChI=1S/C15H12F3N3/c16-15(17,18)12-11-10(7-6-9(19)13(11)20)21-14(12)8-4-2-1-3-5-8/h1-7,21H,19-20H2. The number of benzene rings is 2. The van der Waals surface area contributed by atoms with E-state index in [4.69, 9.17) is 11.5 Å². The Bertz CT molecular complexity index is 804. The van der Waals surface area contributed by atoms with Crippen molar-refractivity contribution >= 4 is 22.3 Å². The van der Waals surface area contributed by atoms with Gasteiger partial charge < -0.3 is 16.5 Å². The van der Waals surface area contributed by atoms with Crippen LogP contribution in [0, 0.1) is 0 Å². The Balaban J connectivity index is 2.44. The molecular formula is C15H12F3N3. The van der Waals surface area contributed by atoms with Crippen molar-refractivity contribution in [1.82, 2.24) is 4.98 Å². The van der Waals surface area contributed by atoms with Gasteiger partial charge in [0, 0.05) is 10.9 Å². The molecule has 3 aromatic rings. The van der Waals surface area contributed by atoms with Crippen molar-refractivity contribution in [2.24, 2.45) is 0 Å². The predicted molar refractivity (Wildman–Crippen MR) is 77.6 cm³/mol. The number of nitrogen functional groups attached to an aromatic ring is 2. The van der Waals surface area contributed by atoms with Crippen molar-refractivity contribution < 1.29 is 13.2 Å². The summed E-state index contributed by atoms with van der Waals surface area (Å²) in [5, 5.41) is -0.0821. The average molecular weight is 291 g/mol. The number of halogens is 3. The molecule has 0 saturated carbocycles. The van der Waals surface area contributed by atoms with Crippen molar-refractivity contribution in [2.75, 3.05) is 11.5 Å². The lowest BCUT2D eigenvalue weighted by Crippen LogP contribution is -2.07. The smallest absolute Gasteiger partial charge is 0.397 e. The third kappa shape index (κ3) is 2.08. The summed E-state index contributed by atoms with van der Waals surface area (Å²) in [6.45, 7) is 0. The number of aromatic nitrogens is 1. The van der Waals surface area contributed by atoms with Crippen molar-refractivity contribution in [3.05, 3.63) is 48.0 Å². The van der Waals surface area contributed by atoms with Gasteiger partial charge in [0.05, 0.1) is 22.6 Å². The van der Waals surface area contributed by atoms with Crippen LogP contribution in [-0.4, -0.2) is 4.98 Å². The second-order valence-electron chi connectivity index (χ2n) is 4.73. The SMILES string of the molecule is Nc1ccc2[nH]c(-c3ccccc3)c(C(F)(F)F)c2c1N. The summed E-state index contributed by atoms with van der Waals surface area (Å²) in [6, 6.07) is 11.3. The van der Waals surface area contributed by atoms with E-state index in [1.165, 1.54) is 12.1 Å². The zero-order chi connectivity index (χ0) is 15.2. The molecule has 1 heterocycles. The van der Waals surface area contributed by atoms with Crippen LogP contribution in [0.15, 0.2) is 42.5 Å². The van der Waals surface area contributed by atoms with Crippen LogP contribution < -0.4 is 11.5 Å². The van der Waals surface area contributed by atoms with Gasteiger partial charge in [0.2, 0.25) is 0 Å². The van der Waals surface area contributed by atoms with E-state index in [2.05, 4.69) is 4.98 Å². The molecule has 21 heavy (non-hydrogen) atoms. The minimum Gasteiger partial charge on any atom is -0.397 e. The molecule has 0 fully saturated rings. The quantitative estimate of drug-likeness (QED) is 0.593. The highest BCUT2D eigenvalue weighted by Crippen LogP contribution is 2.44. The molecule has 0 saturated heterocycles. The fourth-order valence-corrected chi connectivity index (χ4v) is 2.44. The Kier molecular flexibility index (Phi) is 2.83. The maximum Gasteiger partial charge on any atom is 0.419 e. The molecule has 1 aromatic heterocycles. The summed E-state index contributed by atoms with van der Waals surface area (Å²) in [5.74, 6) is 0. The third-order valence-electron chi connectivity index (χ3n) is 3.38. The highest BCUT2D eigenvalue weighted by atomic mass is 19.4. The molecule has 0 unspecified atom stereocenters. The fourth-order valence-electron chi connectivity index (χ4n) is 2.44. The van der Waals surface area contributed by atoms with Gasteiger partial charge in [0.25, 0.3) is 0 Å². The molecule has 0 aliphatic heterocycles. The van der Waals surface area contributed by atoms with Crippen LogP contribution in [-0.2, 0) is 6.18 Å². The number of H-pyrrole nitrogens is 1. The molecular weight excluding hydrogens is 279 g/mol. The van der Waals surface area contributed by atoms with Crippen LogP contribution >= 0.6 is 0 Å². The molecule has 3 rings (SSSR count). The van der Waals surface area contributed by atoms with E-state index >= 15 is 0 Å². The van der Waals surface area contributed by atoms with Gasteiger partial charge in [-0.15, -0.1) is 0 Å². The Labute approximate surface area is 118 Å². The van der Waals surface area contributed by atoms with Gasteiger partial charge in [0.15, 0.2) is 0 Å². The van der Waals surface area contributed by atoms with E-state index in [-0.39, 0.29) is 22.5 Å². The molecule has 0 bridgehead atoms. The first-order valence-corrected chi connectivity index (χ1v) is 6.22. The molecule has 0 aliphatic rings. The monoisotopic (exact) mass is 291 g/mol. The van der Waals surface area contributed by atoms with Crippen molar-refractivity contribution in [3.8, 4) is 11.3 Å². The van der Waals surface area contributed by atoms with Crippen LogP contribution in [0.25, 0.3) is 22.2 Å². The zero-order valence-electron chi connectivity index (χ0n) is 10.8. The highest BCUT2D eigenvalue weighted by molar-refractivity contribution is 6.03. The Morgan fingerprint density at radius 2 is 1.57 bits per heavy atom. The van der Waals surface area contributed by atoms with Crippen molar-refractivity contribution in [3.63, 3.8) is 0 Å². The maximum atomic E-state index is 13.5. The first-order chi connectivity index (χ1) is 9.89. The number of nitrogens with one attached hydrogen (secondary N) is 1. The molecule has 5 N–H and O–H groups in total. The highest BCUT2D eigenvalue weighted by Gasteiger charge is 2.38. The van der Waals surface area contributed by atoms with Gasteiger partial charge in [-0.2, -0.15) is 13.2 Å². The zero-order valence-corrected chi connectivity index (χ0v) is 10.8. The predicted octanol–water partition coefficient (Wildman–Crippen LogP) is 4.02. The number of nitrogens with two attached hydrogens (primary N) is 2. The average Bonchev–Trinajstić information content (AvgIpc) is 2.84. The Morgan fingerprint density at radius 3 is 2.19 bits per heavy atom. The van der Waals surface area contributed by atoms with Crippen molar-refractivity contribution in [2.45, 2.75) is 6.18 Å². The summed E-state index contributed by atoms with van der Waals surface area (Å²) in [6.07, 6.45) is -4.54. The number of aromatic amines is 1. The number of rotatable bonds is 1. The number of fused-ring (bicyclic) bond motifs is 1. The maximum absolute atomic E-state index is 13.5. The number of alkyl halides is 3. The molecule has 0 spiro atoms. The number of hydrogen-bond donors (Lipinski definition) is 3. The largest absolute Gasteiger partial charge is 0.419 e. The van der Waals surface area contributed by atoms with Crippen molar-refractivity contribution in [1.29, 1.82) is 0 Å². The summed E-state index contributed by atoms with van der Waals surface area (Å²) >= 11 is 0. The van der Waals surface area contributed by atoms with Crippen LogP contribution in [0.4, 0.5) is 24.5 Å². The van der Waals surface area contributed by atoms with Crippen LogP contribution in [0.2, 0.25) is 0 Å². The summed E-state index contributed by atoms with van der Waals surface area (Å²) in [5.41, 5.74) is 11.4. The molecule has 0 radical (unpaired) electrons. The summed E-state index contributed by atoms with van der Waals surface area (Å²) < 4.78 is 40.5. The minimum absolute atomic E-state index is 0.00426. The van der Waals surface area contributed by atoms with Gasteiger partial charge in [-0.25, -0.2) is 0 Å². The summed E-state index contributed by atoms with van der Waals surface area (Å²) in [7, 11) is 0. The van der Waals surface area contributed by atoms with Gasteiger partial charge in [0.1, 0.15) is 0 Å². The first-order valence-electron chi connectivity index (χ1n) is 6.22. The van der Waals surface area contributed by atoms with E-state index in [1.807, 2.05) is 0 Å². The van der Waals surface area contributed by atoms with Gasteiger partial charge >= 0.3 is 6.18 Å². The van der Waals surface area contributed by atoms with E-state index in [9.17, 15) is 13.2 Å². The minimum atomic E-state index is -4.54. The molecule has 2 aromatic carbocycles. The lowest BCUT2D eigenvalue weighted by Gasteiger charge is -2.10. The van der Waals surface area contributed by atoms with E-state index in [0.29, 0.717) is 11.1 Å². The topological polar surface area (TPSA) is 67.8 Å². The van der Waals surface area contributed by atoms with Gasteiger partial charge in [-0.1, -0.05) is 30.3 Å². The Hall–Kier alpha value is -2.63. The van der Waals surface area contributed by atoms with Gasteiger partial charge in [-0.3, -0.25) is 0 Å². The molecule has 3 nitrogen and oxygen atoms in total. The Morgan fingerprint density at radius 1 is 0.905 bits per heavy atom. The normalized spacial score (nSPS) is 12.0. The number of hydrogen-bond acceptors (Lipinski definition) is 2. The lowest BCUT2D eigenvalue weighted by molar-refractivity contribution is -0.135. The second-order valence-corrected chi connectivity index (χ2v) is 4.73. The van der Waals surface area contributed by atoms with E-state index < -0.39 is 11.7 Å². The van der Waals surface area contributed by atoms with Crippen LogP contribution in [0.5, 0.6) is 0 Å². The molecule has 0 amide bonds. The lowest BCUT2D eigenvalue weighted by atomic mass is 10.0. The van der Waals surface area contributed by atoms with E-state index in [1.54, 1.807) is 30.3 Å².